The lowest BCUT2D eigenvalue weighted by atomic mass is 9.78. The average Bonchev–Trinajstić information content (AvgIpc) is 3.17. The Morgan fingerprint density at radius 3 is 2.43 bits per heavy atom. The molecule has 0 aliphatic carbocycles. The third kappa shape index (κ3) is 8.05. The smallest absolute Gasteiger partial charge is 0.384 e. The van der Waals surface area contributed by atoms with E-state index in [0.717, 1.165) is 42.0 Å². The standard InChI is InChI=1S/C26H31ClF3N3O2S2/c1-25(13-4-15-36-3)18-32(31-24(25)19-5-9-21(27)10-6-19)17-23(34)33(37-16-14-35-2)22-11-7-20(8-12-22)26(28,29)30/h5-12H,4,13-18H2,1-3H3. The van der Waals surface area contributed by atoms with Crippen LogP contribution in [-0.4, -0.2) is 61.2 Å². The van der Waals surface area contributed by atoms with Crippen LogP contribution in [0.25, 0.3) is 0 Å². The molecule has 1 atom stereocenters. The molecule has 0 saturated carbocycles. The Kier molecular flexibility index (Phi) is 10.6. The predicted octanol–water partition coefficient (Wildman–Crippen LogP) is 6.86. The van der Waals surface area contributed by atoms with Gasteiger partial charge in [-0.1, -0.05) is 30.7 Å². The van der Waals surface area contributed by atoms with Crippen molar-refractivity contribution >= 4 is 52.6 Å². The molecule has 0 radical (unpaired) electrons. The summed E-state index contributed by atoms with van der Waals surface area (Å²) in [5.74, 6) is 1.23. The fourth-order valence-electron chi connectivity index (χ4n) is 4.19. The maximum absolute atomic E-state index is 13.4. The minimum absolute atomic E-state index is 0.00376. The van der Waals surface area contributed by atoms with Crippen molar-refractivity contribution in [2.75, 3.05) is 48.9 Å². The fourth-order valence-corrected chi connectivity index (χ4v) is 5.65. The summed E-state index contributed by atoms with van der Waals surface area (Å²) in [6, 6.07) is 12.1. The molecule has 0 fully saturated rings. The van der Waals surface area contributed by atoms with Crippen molar-refractivity contribution in [3.8, 4) is 0 Å². The van der Waals surface area contributed by atoms with Crippen LogP contribution < -0.4 is 4.31 Å². The molecule has 202 valence electrons. The number of alkyl halides is 3. The van der Waals surface area contributed by atoms with Crippen LogP contribution in [0.2, 0.25) is 5.02 Å². The average molecular weight is 574 g/mol. The van der Waals surface area contributed by atoms with Crippen LogP contribution in [-0.2, 0) is 15.7 Å². The lowest BCUT2D eigenvalue weighted by Gasteiger charge is -2.28. The number of hydrogen-bond donors (Lipinski definition) is 0. The normalized spacial score (nSPS) is 17.7. The minimum Gasteiger partial charge on any atom is -0.384 e. The van der Waals surface area contributed by atoms with E-state index in [0.29, 0.717) is 29.6 Å². The van der Waals surface area contributed by atoms with Crippen LogP contribution in [0.4, 0.5) is 18.9 Å². The minimum atomic E-state index is -4.44. The molecular formula is C26H31ClF3N3O2S2. The van der Waals surface area contributed by atoms with E-state index in [4.69, 9.17) is 21.4 Å². The van der Waals surface area contributed by atoms with E-state index >= 15 is 0 Å². The van der Waals surface area contributed by atoms with Crippen molar-refractivity contribution in [3.63, 3.8) is 0 Å². The lowest BCUT2D eigenvalue weighted by molar-refractivity contribution is -0.137. The van der Waals surface area contributed by atoms with Crippen molar-refractivity contribution in [2.45, 2.75) is 25.9 Å². The van der Waals surface area contributed by atoms with Gasteiger partial charge in [0.2, 0.25) is 0 Å². The van der Waals surface area contributed by atoms with Crippen molar-refractivity contribution in [1.82, 2.24) is 5.01 Å². The molecule has 1 unspecified atom stereocenters. The van der Waals surface area contributed by atoms with E-state index in [-0.39, 0.29) is 17.9 Å². The molecule has 1 amide bonds. The third-order valence-electron chi connectivity index (χ3n) is 6.02. The number of benzene rings is 2. The van der Waals surface area contributed by atoms with Gasteiger partial charge in [-0.15, -0.1) is 0 Å². The highest BCUT2D eigenvalue weighted by Gasteiger charge is 2.40. The number of halogens is 4. The van der Waals surface area contributed by atoms with Gasteiger partial charge < -0.3 is 4.74 Å². The van der Waals surface area contributed by atoms with Crippen LogP contribution in [0.1, 0.15) is 30.9 Å². The number of amides is 1. The Morgan fingerprint density at radius 2 is 1.84 bits per heavy atom. The Balaban J connectivity index is 1.83. The number of ether oxygens (including phenoxy) is 1. The molecule has 0 aromatic heterocycles. The SMILES string of the molecule is COCCSN(C(=O)CN1CC(C)(CCCSC)C(c2ccc(Cl)cc2)=N1)c1ccc(C(F)(F)F)cc1. The topological polar surface area (TPSA) is 45.1 Å². The van der Waals surface area contributed by atoms with Gasteiger partial charge >= 0.3 is 6.18 Å². The molecular weight excluding hydrogens is 543 g/mol. The highest BCUT2D eigenvalue weighted by molar-refractivity contribution is 8.01. The van der Waals surface area contributed by atoms with Gasteiger partial charge in [0.15, 0.2) is 0 Å². The van der Waals surface area contributed by atoms with E-state index < -0.39 is 11.7 Å². The van der Waals surface area contributed by atoms with E-state index in [1.54, 1.807) is 23.9 Å². The van der Waals surface area contributed by atoms with Gasteiger partial charge in [0, 0.05) is 29.8 Å². The molecule has 0 N–H and O–H groups in total. The molecule has 11 heteroatoms. The molecule has 5 nitrogen and oxygen atoms in total. The number of carbonyl (C=O) groups excluding carboxylic acids is 1. The van der Waals surface area contributed by atoms with E-state index in [1.165, 1.54) is 28.4 Å². The predicted molar refractivity (Wildman–Crippen MR) is 149 cm³/mol. The molecule has 1 aliphatic rings. The summed E-state index contributed by atoms with van der Waals surface area (Å²) in [7, 11) is 1.56. The van der Waals surface area contributed by atoms with E-state index in [2.05, 4.69) is 13.2 Å². The molecule has 1 heterocycles. The molecule has 0 saturated heterocycles. The monoisotopic (exact) mass is 573 g/mol. The van der Waals surface area contributed by atoms with E-state index in [9.17, 15) is 18.0 Å². The molecule has 1 aliphatic heterocycles. The Hall–Kier alpha value is -1.88. The fraction of sp³-hybridized carbons (Fsp3) is 0.462. The summed E-state index contributed by atoms with van der Waals surface area (Å²) in [5, 5.41) is 7.25. The quantitative estimate of drug-likeness (QED) is 0.205. The zero-order chi connectivity index (χ0) is 27.1. The number of hydrazone groups is 1. The van der Waals surface area contributed by atoms with Crippen molar-refractivity contribution in [2.24, 2.45) is 10.5 Å². The third-order valence-corrected chi connectivity index (χ3v) is 7.99. The van der Waals surface area contributed by atoms with Crippen LogP contribution >= 0.6 is 35.3 Å². The van der Waals surface area contributed by atoms with Crippen molar-refractivity contribution < 1.29 is 22.7 Å². The maximum Gasteiger partial charge on any atom is 0.416 e. The number of carbonyl (C=O) groups is 1. The van der Waals surface area contributed by atoms with Crippen molar-refractivity contribution in [1.29, 1.82) is 0 Å². The number of nitrogens with zero attached hydrogens (tertiary/aromatic N) is 3. The summed E-state index contributed by atoms with van der Waals surface area (Å²) in [6.45, 7) is 3.11. The van der Waals surface area contributed by atoms with Gasteiger partial charge in [-0.25, -0.2) is 0 Å². The number of anilines is 1. The van der Waals surface area contributed by atoms with E-state index in [1.807, 2.05) is 24.3 Å². The summed E-state index contributed by atoms with van der Waals surface area (Å²) in [5.41, 5.74) is 1.23. The van der Waals surface area contributed by atoms with Crippen LogP contribution in [0.15, 0.2) is 53.6 Å². The summed E-state index contributed by atoms with van der Waals surface area (Å²) in [6.07, 6.45) is -0.450. The van der Waals surface area contributed by atoms with Gasteiger partial charge in [-0.2, -0.15) is 30.0 Å². The molecule has 37 heavy (non-hydrogen) atoms. The first kappa shape index (κ1) is 29.7. The summed E-state index contributed by atoms with van der Waals surface area (Å²) in [4.78, 5) is 13.4. The summed E-state index contributed by atoms with van der Waals surface area (Å²) < 4.78 is 45.7. The molecule has 0 bridgehead atoms. The number of methoxy groups -OCH3 is 1. The van der Waals surface area contributed by atoms with Gasteiger partial charge in [-0.05, 0) is 78.8 Å². The number of rotatable bonds is 12. The number of thioether (sulfide) groups is 1. The van der Waals surface area contributed by atoms with Crippen LogP contribution in [0.5, 0.6) is 0 Å². The molecule has 3 rings (SSSR count). The molecule has 0 spiro atoms. The Bertz CT molecular complexity index is 1070. The molecule has 2 aromatic carbocycles. The highest BCUT2D eigenvalue weighted by atomic mass is 35.5. The zero-order valence-electron chi connectivity index (χ0n) is 21.1. The second-order valence-electron chi connectivity index (χ2n) is 8.99. The lowest BCUT2D eigenvalue weighted by Crippen LogP contribution is -2.37. The Morgan fingerprint density at radius 1 is 1.16 bits per heavy atom. The highest BCUT2D eigenvalue weighted by Crippen LogP contribution is 2.37. The van der Waals surface area contributed by atoms with Crippen LogP contribution in [0, 0.1) is 5.41 Å². The first-order chi connectivity index (χ1) is 17.6. The number of hydrogen-bond acceptors (Lipinski definition) is 6. The van der Waals surface area contributed by atoms with Gasteiger partial charge in [0.1, 0.15) is 6.54 Å². The molecule has 2 aromatic rings. The van der Waals surface area contributed by atoms with Gasteiger partial charge in [0.05, 0.1) is 23.6 Å². The second kappa shape index (κ2) is 13.3. The van der Waals surface area contributed by atoms with Crippen LogP contribution in [0.3, 0.4) is 0 Å². The largest absolute Gasteiger partial charge is 0.416 e. The zero-order valence-corrected chi connectivity index (χ0v) is 23.4. The van der Waals surface area contributed by atoms with Crippen molar-refractivity contribution in [3.05, 3.63) is 64.7 Å². The first-order valence-corrected chi connectivity index (χ1v) is 14.5. The summed E-state index contributed by atoms with van der Waals surface area (Å²) >= 11 is 9.09. The Labute approximate surface area is 229 Å². The first-order valence-electron chi connectivity index (χ1n) is 11.8. The second-order valence-corrected chi connectivity index (χ2v) is 11.4. The van der Waals surface area contributed by atoms with Gasteiger partial charge in [0.25, 0.3) is 5.91 Å². The maximum atomic E-state index is 13.4. The van der Waals surface area contributed by atoms with Gasteiger partial charge in [-0.3, -0.25) is 14.1 Å².